The van der Waals surface area contributed by atoms with Gasteiger partial charge in [0.15, 0.2) is 0 Å². The molecule has 1 nitrogen and oxygen atoms in total. The zero-order valence-electron chi connectivity index (χ0n) is 7.19. The van der Waals surface area contributed by atoms with Gasteiger partial charge in [-0.05, 0) is 32.6 Å². The van der Waals surface area contributed by atoms with Crippen LogP contribution in [0.4, 0.5) is 0 Å². The molecule has 1 saturated carbocycles. The summed E-state index contributed by atoms with van der Waals surface area (Å²) in [6, 6.07) is 0. The summed E-state index contributed by atoms with van der Waals surface area (Å²) in [5.74, 6) is 1.56. The first-order valence-electron chi connectivity index (χ1n) is 4.28. The Kier molecular flexibility index (Phi) is 1.53. The quantitative estimate of drug-likeness (QED) is 0.555. The molecule has 2 heteroatoms. The first-order valence-corrected chi connectivity index (χ1v) is 4.81. The second-order valence-electron chi connectivity index (χ2n) is 4.64. The molecule has 0 aromatic rings. The molecular formula is C9H15ClO. The maximum Gasteiger partial charge on any atom is 0.0633 e. The molecule has 2 aliphatic rings. The van der Waals surface area contributed by atoms with E-state index in [4.69, 9.17) is 16.3 Å². The molecule has 1 saturated heterocycles. The van der Waals surface area contributed by atoms with E-state index in [1.165, 1.54) is 12.8 Å². The van der Waals surface area contributed by atoms with Crippen LogP contribution in [0.25, 0.3) is 0 Å². The van der Waals surface area contributed by atoms with Gasteiger partial charge in [-0.25, -0.2) is 0 Å². The fourth-order valence-corrected chi connectivity index (χ4v) is 2.77. The van der Waals surface area contributed by atoms with Gasteiger partial charge < -0.3 is 4.74 Å². The van der Waals surface area contributed by atoms with Gasteiger partial charge in [0.1, 0.15) is 0 Å². The second kappa shape index (κ2) is 2.14. The zero-order valence-corrected chi connectivity index (χ0v) is 7.95. The van der Waals surface area contributed by atoms with Crippen LogP contribution in [0.5, 0.6) is 0 Å². The number of alkyl halides is 1. The predicted molar refractivity (Wildman–Crippen MR) is 45.9 cm³/mol. The van der Waals surface area contributed by atoms with E-state index < -0.39 is 0 Å². The molecule has 0 bridgehead atoms. The molecule has 1 spiro atoms. The standard InChI is InChI=1S/C9H15ClO/c1-8(2)5-9(6-11-8)3-7(9)4-10/h7H,3-6H2,1-2H3. The van der Waals surface area contributed by atoms with Crippen molar-refractivity contribution in [3.8, 4) is 0 Å². The van der Waals surface area contributed by atoms with E-state index in [0.29, 0.717) is 5.41 Å². The van der Waals surface area contributed by atoms with Crippen LogP contribution < -0.4 is 0 Å². The minimum atomic E-state index is 0.112. The number of hydrogen-bond donors (Lipinski definition) is 0. The van der Waals surface area contributed by atoms with Gasteiger partial charge in [-0.2, -0.15) is 0 Å². The lowest BCUT2D eigenvalue weighted by Gasteiger charge is -2.15. The van der Waals surface area contributed by atoms with Gasteiger partial charge in [-0.15, -0.1) is 11.6 Å². The van der Waals surface area contributed by atoms with E-state index in [9.17, 15) is 0 Å². The number of rotatable bonds is 1. The largest absolute Gasteiger partial charge is 0.375 e. The molecule has 64 valence electrons. The molecule has 2 unspecified atom stereocenters. The Labute approximate surface area is 73.1 Å². The van der Waals surface area contributed by atoms with Crippen molar-refractivity contribution >= 4 is 11.6 Å². The van der Waals surface area contributed by atoms with Crippen LogP contribution in [0.2, 0.25) is 0 Å². The first kappa shape index (κ1) is 7.88. The van der Waals surface area contributed by atoms with Crippen LogP contribution in [0.15, 0.2) is 0 Å². The third kappa shape index (κ3) is 1.19. The second-order valence-corrected chi connectivity index (χ2v) is 4.95. The van der Waals surface area contributed by atoms with Crippen LogP contribution >= 0.6 is 11.6 Å². The summed E-state index contributed by atoms with van der Waals surface area (Å²) in [7, 11) is 0. The van der Waals surface area contributed by atoms with E-state index in [0.717, 1.165) is 18.4 Å². The summed E-state index contributed by atoms with van der Waals surface area (Å²) in [4.78, 5) is 0. The summed E-state index contributed by atoms with van der Waals surface area (Å²) in [5.41, 5.74) is 0.603. The number of hydrogen-bond acceptors (Lipinski definition) is 1. The molecule has 1 heterocycles. The first-order chi connectivity index (χ1) is 5.08. The van der Waals surface area contributed by atoms with Crippen molar-refractivity contribution in [1.29, 1.82) is 0 Å². The van der Waals surface area contributed by atoms with Crippen LogP contribution in [0.1, 0.15) is 26.7 Å². The van der Waals surface area contributed by atoms with Crippen molar-refractivity contribution < 1.29 is 4.74 Å². The summed E-state index contributed by atoms with van der Waals surface area (Å²) >= 11 is 5.81. The highest BCUT2D eigenvalue weighted by molar-refractivity contribution is 6.18. The molecule has 0 N–H and O–H groups in total. The molecule has 1 aliphatic heterocycles. The average molecular weight is 175 g/mol. The lowest BCUT2D eigenvalue weighted by Crippen LogP contribution is -2.17. The summed E-state index contributed by atoms with van der Waals surface area (Å²) in [5, 5.41) is 0. The number of ether oxygens (including phenoxy) is 1. The lowest BCUT2D eigenvalue weighted by atomic mass is 9.94. The monoisotopic (exact) mass is 174 g/mol. The summed E-state index contributed by atoms with van der Waals surface area (Å²) < 4.78 is 5.69. The van der Waals surface area contributed by atoms with Crippen molar-refractivity contribution in [2.75, 3.05) is 12.5 Å². The minimum absolute atomic E-state index is 0.112. The van der Waals surface area contributed by atoms with E-state index in [1.807, 2.05) is 0 Å². The van der Waals surface area contributed by atoms with E-state index in [2.05, 4.69) is 13.8 Å². The molecular weight excluding hydrogens is 160 g/mol. The third-order valence-electron chi connectivity index (χ3n) is 3.07. The van der Waals surface area contributed by atoms with Gasteiger partial charge in [0.25, 0.3) is 0 Å². The Morgan fingerprint density at radius 2 is 2.27 bits per heavy atom. The molecule has 0 aromatic heterocycles. The average Bonchev–Trinajstić information content (AvgIpc) is 2.49. The minimum Gasteiger partial charge on any atom is -0.375 e. The van der Waals surface area contributed by atoms with Crippen LogP contribution in [0, 0.1) is 11.3 Å². The Morgan fingerprint density at radius 1 is 1.55 bits per heavy atom. The lowest BCUT2D eigenvalue weighted by molar-refractivity contribution is 0.0342. The van der Waals surface area contributed by atoms with Gasteiger partial charge in [0.2, 0.25) is 0 Å². The highest BCUT2D eigenvalue weighted by Crippen LogP contribution is 2.61. The van der Waals surface area contributed by atoms with Crippen molar-refractivity contribution in [2.24, 2.45) is 11.3 Å². The topological polar surface area (TPSA) is 9.23 Å². The Bertz CT molecular complexity index is 178. The maximum atomic E-state index is 5.81. The Hall–Kier alpha value is 0.250. The van der Waals surface area contributed by atoms with Crippen molar-refractivity contribution in [3.05, 3.63) is 0 Å². The fraction of sp³-hybridized carbons (Fsp3) is 1.00. The molecule has 1 aliphatic carbocycles. The van der Waals surface area contributed by atoms with Crippen LogP contribution in [-0.2, 0) is 4.74 Å². The Morgan fingerprint density at radius 3 is 2.64 bits per heavy atom. The molecule has 0 aromatic carbocycles. The van der Waals surface area contributed by atoms with Gasteiger partial charge in [0, 0.05) is 11.3 Å². The molecule has 0 amide bonds. The molecule has 2 fully saturated rings. The molecule has 2 atom stereocenters. The predicted octanol–water partition coefficient (Wildman–Crippen LogP) is 2.43. The highest BCUT2D eigenvalue weighted by Gasteiger charge is 2.59. The van der Waals surface area contributed by atoms with Crippen LogP contribution in [-0.4, -0.2) is 18.1 Å². The SMILES string of the molecule is CC1(C)CC2(CO1)CC2CCl. The van der Waals surface area contributed by atoms with Crippen molar-refractivity contribution in [3.63, 3.8) is 0 Å². The fourth-order valence-electron chi connectivity index (χ4n) is 2.33. The van der Waals surface area contributed by atoms with E-state index in [-0.39, 0.29) is 5.60 Å². The van der Waals surface area contributed by atoms with Gasteiger partial charge in [-0.1, -0.05) is 0 Å². The molecule has 2 rings (SSSR count). The summed E-state index contributed by atoms with van der Waals surface area (Å²) in [6.45, 7) is 5.29. The molecule has 0 radical (unpaired) electrons. The van der Waals surface area contributed by atoms with Crippen molar-refractivity contribution in [2.45, 2.75) is 32.3 Å². The van der Waals surface area contributed by atoms with Gasteiger partial charge >= 0.3 is 0 Å². The van der Waals surface area contributed by atoms with Gasteiger partial charge in [-0.3, -0.25) is 0 Å². The number of halogens is 1. The third-order valence-corrected chi connectivity index (χ3v) is 3.45. The van der Waals surface area contributed by atoms with E-state index >= 15 is 0 Å². The highest BCUT2D eigenvalue weighted by atomic mass is 35.5. The maximum absolute atomic E-state index is 5.81. The van der Waals surface area contributed by atoms with Crippen LogP contribution in [0.3, 0.4) is 0 Å². The van der Waals surface area contributed by atoms with Gasteiger partial charge in [0.05, 0.1) is 12.2 Å². The molecule has 11 heavy (non-hydrogen) atoms. The normalized spacial score (nSPS) is 46.6. The van der Waals surface area contributed by atoms with Crippen molar-refractivity contribution in [1.82, 2.24) is 0 Å². The van der Waals surface area contributed by atoms with E-state index in [1.54, 1.807) is 0 Å². The smallest absolute Gasteiger partial charge is 0.0633 e. The summed E-state index contributed by atoms with van der Waals surface area (Å²) in [6.07, 6.45) is 2.50. The Balaban J connectivity index is 2.01. The zero-order chi connectivity index (χ0) is 8.11.